The van der Waals surface area contributed by atoms with Crippen molar-refractivity contribution in [1.82, 2.24) is 14.7 Å². The van der Waals surface area contributed by atoms with Crippen molar-refractivity contribution >= 4 is 33.2 Å². The molecule has 1 heterocycles. The third-order valence-corrected chi connectivity index (χ3v) is 5.73. The minimum atomic E-state index is -3.68. The Hall–Kier alpha value is -0.370. The van der Waals surface area contributed by atoms with E-state index in [4.69, 9.17) is 23.2 Å². The normalized spacial score (nSPS) is 18.5. The number of hydrogen-bond acceptors (Lipinski definition) is 4. The maximum absolute atomic E-state index is 12.5. The molecule has 0 spiro atoms. The molecule has 1 aliphatic heterocycles. The summed E-state index contributed by atoms with van der Waals surface area (Å²) in [4.78, 5) is 0.0228. The molecule has 1 N–H and O–H groups in total. The molecule has 118 valence electrons. The minimum absolute atomic E-state index is 0.0228. The molecule has 1 aromatic carbocycles. The summed E-state index contributed by atoms with van der Waals surface area (Å²) in [5.74, 6) is 0. The fraction of sp³-hybridized carbons (Fsp3) is 0.538. The van der Waals surface area contributed by atoms with Gasteiger partial charge in [-0.25, -0.2) is 23.2 Å². The van der Waals surface area contributed by atoms with Gasteiger partial charge in [-0.3, -0.25) is 0 Å². The average molecular weight is 352 g/mol. The highest BCUT2D eigenvalue weighted by molar-refractivity contribution is 7.89. The number of nitrogens with one attached hydrogen (secondary N) is 1. The largest absolute Gasteiger partial charge is 0.242 e. The monoisotopic (exact) mass is 351 g/mol. The van der Waals surface area contributed by atoms with Gasteiger partial charge in [-0.1, -0.05) is 37.0 Å². The molecule has 0 atom stereocenters. The lowest BCUT2D eigenvalue weighted by atomic mass is 10.3. The Bertz CT molecular complexity index is 597. The predicted octanol–water partition coefficient (Wildman–Crippen LogP) is 2.21. The number of likely N-dealkylation sites (N-methyl/N-ethyl adjacent to an activating group) is 2. The molecule has 21 heavy (non-hydrogen) atoms. The molecule has 0 saturated carbocycles. The van der Waals surface area contributed by atoms with E-state index in [-0.39, 0.29) is 16.0 Å². The van der Waals surface area contributed by atoms with Crippen molar-refractivity contribution in [2.45, 2.75) is 24.8 Å². The van der Waals surface area contributed by atoms with Gasteiger partial charge in [0, 0.05) is 31.2 Å². The SMILES string of the molecule is CCN1CC(NS(=O)(=O)c2cc(Cl)ccc2Cl)CN1CC. The molecule has 0 bridgehead atoms. The Labute approximate surface area is 135 Å². The van der Waals surface area contributed by atoms with Gasteiger partial charge in [0.1, 0.15) is 4.90 Å². The molecule has 1 fully saturated rings. The fourth-order valence-electron chi connectivity index (χ4n) is 2.50. The lowest BCUT2D eigenvalue weighted by Crippen LogP contribution is -2.38. The second-order valence-corrected chi connectivity index (χ2v) is 7.43. The Morgan fingerprint density at radius 1 is 1.19 bits per heavy atom. The molecule has 0 radical (unpaired) electrons. The summed E-state index contributed by atoms with van der Waals surface area (Å²) in [6, 6.07) is 4.26. The first-order valence-corrected chi connectivity index (χ1v) is 9.08. The third kappa shape index (κ3) is 3.88. The van der Waals surface area contributed by atoms with Crippen molar-refractivity contribution in [1.29, 1.82) is 0 Å². The van der Waals surface area contributed by atoms with Crippen LogP contribution >= 0.6 is 23.2 Å². The molecule has 0 unspecified atom stereocenters. The number of rotatable bonds is 5. The molecule has 2 rings (SSSR count). The lowest BCUT2D eigenvalue weighted by Gasteiger charge is -2.24. The van der Waals surface area contributed by atoms with E-state index in [0.29, 0.717) is 18.1 Å². The van der Waals surface area contributed by atoms with Crippen LogP contribution < -0.4 is 4.72 Å². The van der Waals surface area contributed by atoms with Crippen LogP contribution in [0.25, 0.3) is 0 Å². The van der Waals surface area contributed by atoms with Crippen LogP contribution in [0.15, 0.2) is 23.1 Å². The van der Waals surface area contributed by atoms with Gasteiger partial charge in [-0.15, -0.1) is 0 Å². The maximum atomic E-state index is 12.5. The van der Waals surface area contributed by atoms with Crippen LogP contribution in [0.1, 0.15) is 13.8 Å². The molecular formula is C13H19Cl2N3O2S. The first-order valence-electron chi connectivity index (χ1n) is 6.84. The standard InChI is InChI=1S/C13H19Cl2N3O2S/c1-3-17-8-11(9-18(17)4-2)16-21(19,20)13-7-10(14)5-6-12(13)15/h5-7,11,16H,3-4,8-9H2,1-2H3. The van der Waals surface area contributed by atoms with E-state index >= 15 is 0 Å². The number of benzene rings is 1. The highest BCUT2D eigenvalue weighted by Gasteiger charge is 2.32. The van der Waals surface area contributed by atoms with Gasteiger partial charge in [-0.05, 0) is 18.2 Å². The van der Waals surface area contributed by atoms with Crippen LogP contribution in [0.3, 0.4) is 0 Å². The minimum Gasteiger partial charge on any atom is -0.240 e. The zero-order valence-corrected chi connectivity index (χ0v) is 14.3. The van der Waals surface area contributed by atoms with E-state index < -0.39 is 10.0 Å². The third-order valence-electron chi connectivity index (χ3n) is 3.50. The van der Waals surface area contributed by atoms with Crippen LogP contribution in [0.5, 0.6) is 0 Å². The zero-order chi connectivity index (χ0) is 15.6. The van der Waals surface area contributed by atoms with Crippen molar-refractivity contribution in [2.24, 2.45) is 0 Å². The molecule has 5 nitrogen and oxygen atoms in total. The number of hydrogen-bond donors (Lipinski definition) is 1. The quantitative estimate of drug-likeness (QED) is 0.883. The van der Waals surface area contributed by atoms with Crippen molar-refractivity contribution in [3.05, 3.63) is 28.2 Å². The Kier molecular flexibility index (Phi) is 5.51. The summed E-state index contributed by atoms with van der Waals surface area (Å²) in [6.45, 7) is 7.11. The molecular weight excluding hydrogens is 333 g/mol. The van der Waals surface area contributed by atoms with Crippen LogP contribution in [0.2, 0.25) is 10.0 Å². The van der Waals surface area contributed by atoms with Crippen molar-refractivity contribution in [3.63, 3.8) is 0 Å². The van der Waals surface area contributed by atoms with Gasteiger partial charge in [0.25, 0.3) is 0 Å². The molecule has 0 aromatic heterocycles. The van der Waals surface area contributed by atoms with Crippen molar-refractivity contribution in [3.8, 4) is 0 Å². The van der Waals surface area contributed by atoms with Crippen LogP contribution in [-0.2, 0) is 10.0 Å². The summed E-state index contributed by atoms with van der Waals surface area (Å²) in [6.07, 6.45) is 0. The van der Waals surface area contributed by atoms with E-state index in [0.717, 1.165) is 13.1 Å². The second kappa shape index (κ2) is 6.81. The maximum Gasteiger partial charge on any atom is 0.242 e. The summed E-state index contributed by atoms with van der Waals surface area (Å²) in [5.41, 5.74) is 0. The number of nitrogens with zero attached hydrogens (tertiary/aromatic N) is 2. The Balaban J connectivity index is 2.17. The van der Waals surface area contributed by atoms with Crippen molar-refractivity contribution < 1.29 is 8.42 Å². The van der Waals surface area contributed by atoms with Gasteiger partial charge in [-0.2, -0.15) is 0 Å². The molecule has 8 heteroatoms. The smallest absolute Gasteiger partial charge is 0.240 e. The van der Waals surface area contributed by atoms with Crippen LogP contribution in [0.4, 0.5) is 0 Å². The van der Waals surface area contributed by atoms with E-state index in [1.165, 1.54) is 12.1 Å². The highest BCUT2D eigenvalue weighted by atomic mass is 35.5. The molecule has 1 aliphatic rings. The van der Waals surface area contributed by atoms with Crippen molar-refractivity contribution in [2.75, 3.05) is 26.2 Å². The van der Waals surface area contributed by atoms with Gasteiger partial charge >= 0.3 is 0 Å². The Morgan fingerprint density at radius 2 is 1.76 bits per heavy atom. The summed E-state index contributed by atoms with van der Waals surface area (Å²) in [5, 5.41) is 4.78. The lowest BCUT2D eigenvalue weighted by molar-refractivity contribution is 0.0388. The molecule has 1 aromatic rings. The Morgan fingerprint density at radius 3 is 2.29 bits per heavy atom. The zero-order valence-electron chi connectivity index (χ0n) is 12.0. The fourth-order valence-corrected chi connectivity index (χ4v) is 4.48. The van der Waals surface area contributed by atoms with Gasteiger partial charge < -0.3 is 0 Å². The van der Waals surface area contributed by atoms with Gasteiger partial charge in [0.2, 0.25) is 10.0 Å². The van der Waals surface area contributed by atoms with E-state index in [9.17, 15) is 8.42 Å². The number of halogens is 2. The first-order chi connectivity index (χ1) is 9.87. The summed E-state index contributed by atoms with van der Waals surface area (Å²) < 4.78 is 27.6. The van der Waals surface area contributed by atoms with Gasteiger partial charge in [0.05, 0.1) is 11.1 Å². The summed E-state index contributed by atoms with van der Waals surface area (Å²) >= 11 is 11.8. The van der Waals surface area contributed by atoms with Crippen LogP contribution in [-0.4, -0.2) is 50.7 Å². The predicted molar refractivity (Wildman–Crippen MR) is 85.1 cm³/mol. The highest BCUT2D eigenvalue weighted by Crippen LogP contribution is 2.25. The second-order valence-electron chi connectivity index (χ2n) is 4.90. The summed E-state index contributed by atoms with van der Waals surface area (Å²) in [7, 11) is -3.68. The van der Waals surface area contributed by atoms with E-state index in [1.807, 2.05) is 13.8 Å². The molecule has 0 aliphatic carbocycles. The number of sulfonamides is 1. The van der Waals surface area contributed by atoms with Gasteiger partial charge in [0.15, 0.2) is 0 Å². The first kappa shape index (κ1) is 17.0. The van der Waals surface area contributed by atoms with Crippen LogP contribution in [0, 0.1) is 0 Å². The van der Waals surface area contributed by atoms with E-state index in [1.54, 1.807) is 6.07 Å². The number of hydrazine groups is 1. The average Bonchev–Trinajstić information content (AvgIpc) is 2.82. The molecule has 1 saturated heterocycles. The topological polar surface area (TPSA) is 52.7 Å². The molecule has 0 amide bonds. The van der Waals surface area contributed by atoms with E-state index in [2.05, 4.69) is 14.7 Å².